The van der Waals surface area contributed by atoms with Crippen LogP contribution in [0.15, 0.2) is 85.3 Å². The summed E-state index contributed by atoms with van der Waals surface area (Å²) in [5, 5.41) is 9.26. The van der Waals surface area contributed by atoms with Gasteiger partial charge < -0.3 is 20.7 Å². The fraction of sp³-hybridized carbons (Fsp3) is 0.0833. The Bertz CT molecular complexity index is 1180. The van der Waals surface area contributed by atoms with Gasteiger partial charge in [-0.15, -0.1) is 0 Å². The second-order valence-electron chi connectivity index (χ2n) is 6.87. The van der Waals surface area contributed by atoms with E-state index in [1.54, 1.807) is 19.4 Å². The van der Waals surface area contributed by atoms with Gasteiger partial charge in [0.2, 0.25) is 5.91 Å². The van der Waals surface area contributed by atoms with E-state index in [0.717, 1.165) is 11.3 Å². The SMILES string of the molecule is COc1ccccc1CC(=O)Nc1ccc(Nc2cc(Nc3ccccn3)ncn2)cc1. The summed E-state index contributed by atoms with van der Waals surface area (Å²) in [7, 11) is 1.59. The van der Waals surface area contributed by atoms with Gasteiger partial charge in [0.15, 0.2) is 0 Å². The number of nitrogens with zero attached hydrogens (tertiary/aromatic N) is 3. The number of pyridine rings is 1. The van der Waals surface area contributed by atoms with Crippen LogP contribution in [-0.4, -0.2) is 28.0 Å². The summed E-state index contributed by atoms with van der Waals surface area (Å²) in [5.41, 5.74) is 2.37. The molecule has 1 amide bonds. The van der Waals surface area contributed by atoms with E-state index in [9.17, 15) is 4.79 Å². The summed E-state index contributed by atoms with van der Waals surface area (Å²) in [5.74, 6) is 2.54. The fourth-order valence-corrected chi connectivity index (χ4v) is 3.07. The van der Waals surface area contributed by atoms with Crippen molar-refractivity contribution in [2.24, 2.45) is 0 Å². The number of carbonyl (C=O) groups is 1. The highest BCUT2D eigenvalue weighted by molar-refractivity contribution is 5.92. The highest BCUT2D eigenvalue weighted by Gasteiger charge is 2.09. The van der Waals surface area contributed by atoms with Crippen molar-refractivity contribution < 1.29 is 9.53 Å². The fourth-order valence-electron chi connectivity index (χ4n) is 3.07. The molecule has 0 radical (unpaired) electrons. The third-order valence-electron chi connectivity index (χ3n) is 4.57. The Morgan fingerprint density at radius 3 is 2.28 bits per heavy atom. The van der Waals surface area contributed by atoms with Crippen LogP contribution >= 0.6 is 0 Å². The molecule has 3 N–H and O–H groups in total. The largest absolute Gasteiger partial charge is 0.496 e. The monoisotopic (exact) mass is 426 g/mol. The summed E-state index contributed by atoms with van der Waals surface area (Å²) in [6.07, 6.45) is 3.41. The summed E-state index contributed by atoms with van der Waals surface area (Å²) in [6, 6.07) is 22.3. The molecule has 0 fully saturated rings. The molecule has 0 atom stereocenters. The van der Waals surface area contributed by atoms with Crippen molar-refractivity contribution >= 4 is 34.7 Å². The lowest BCUT2D eigenvalue weighted by molar-refractivity contribution is -0.115. The minimum absolute atomic E-state index is 0.115. The zero-order chi connectivity index (χ0) is 22.2. The molecule has 8 heteroatoms. The molecule has 160 valence electrons. The highest BCUT2D eigenvalue weighted by Crippen LogP contribution is 2.21. The van der Waals surface area contributed by atoms with Crippen LogP contribution in [0.1, 0.15) is 5.56 Å². The summed E-state index contributed by atoms with van der Waals surface area (Å²) in [4.78, 5) is 25.1. The second-order valence-corrected chi connectivity index (χ2v) is 6.87. The number of ether oxygens (including phenoxy) is 1. The van der Waals surface area contributed by atoms with Crippen molar-refractivity contribution in [1.82, 2.24) is 15.0 Å². The van der Waals surface area contributed by atoms with Crippen molar-refractivity contribution in [3.05, 3.63) is 90.9 Å². The Kier molecular flexibility index (Phi) is 6.52. The standard InChI is InChI=1S/C24H22N6O2/c1-32-20-7-3-2-6-17(20)14-24(31)29-19-11-9-18(10-12-19)28-22-15-23(27-16-26-22)30-21-8-4-5-13-25-21/h2-13,15-16H,14H2,1H3,(H,29,31)(H2,25,26,27,28,30). The summed E-state index contributed by atoms with van der Waals surface area (Å²) < 4.78 is 5.30. The molecule has 32 heavy (non-hydrogen) atoms. The van der Waals surface area contributed by atoms with Crippen LogP contribution in [0.2, 0.25) is 0 Å². The maximum atomic E-state index is 12.4. The molecule has 0 saturated carbocycles. The number of amides is 1. The first-order valence-electron chi connectivity index (χ1n) is 9.98. The van der Waals surface area contributed by atoms with E-state index >= 15 is 0 Å². The quantitative estimate of drug-likeness (QED) is 0.380. The molecule has 0 aliphatic carbocycles. The van der Waals surface area contributed by atoms with Crippen molar-refractivity contribution in [2.75, 3.05) is 23.1 Å². The first-order chi connectivity index (χ1) is 15.7. The lowest BCUT2D eigenvalue weighted by atomic mass is 10.1. The minimum Gasteiger partial charge on any atom is -0.496 e. The van der Waals surface area contributed by atoms with Crippen molar-refractivity contribution in [3.63, 3.8) is 0 Å². The van der Waals surface area contributed by atoms with Crippen LogP contribution in [0.3, 0.4) is 0 Å². The first-order valence-corrected chi connectivity index (χ1v) is 9.98. The normalized spacial score (nSPS) is 10.3. The number of benzene rings is 2. The molecule has 0 spiro atoms. The third-order valence-corrected chi connectivity index (χ3v) is 4.57. The smallest absolute Gasteiger partial charge is 0.228 e. The Morgan fingerprint density at radius 2 is 1.53 bits per heavy atom. The van der Waals surface area contributed by atoms with Crippen molar-refractivity contribution in [2.45, 2.75) is 6.42 Å². The van der Waals surface area contributed by atoms with E-state index < -0.39 is 0 Å². The molecule has 4 rings (SSSR count). The number of nitrogens with one attached hydrogen (secondary N) is 3. The predicted octanol–water partition coefficient (Wildman–Crippen LogP) is 4.55. The highest BCUT2D eigenvalue weighted by atomic mass is 16.5. The maximum absolute atomic E-state index is 12.4. The Hall–Kier alpha value is -4.46. The molecule has 2 aromatic heterocycles. The van der Waals surface area contributed by atoms with Gasteiger partial charge in [0.1, 0.15) is 29.5 Å². The van der Waals surface area contributed by atoms with E-state index in [1.807, 2.05) is 66.7 Å². The Morgan fingerprint density at radius 1 is 0.812 bits per heavy atom. The van der Waals surface area contributed by atoms with E-state index in [4.69, 9.17) is 4.74 Å². The van der Waals surface area contributed by atoms with Crippen LogP contribution < -0.4 is 20.7 Å². The minimum atomic E-state index is -0.115. The van der Waals surface area contributed by atoms with E-state index in [-0.39, 0.29) is 12.3 Å². The molecule has 2 aromatic carbocycles. The Balaban J connectivity index is 1.36. The number of rotatable bonds is 8. The van der Waals surface area contributed by atoms with Gasteiger partial charge in [0, 0.05) is 29.2 Å². The molecule has 0 aliphatic heterocycles. The number of carbonyl (C=O) groups excluding carboxylic acids is 1. The van der Waals surface area contributed by atoms with Gasteiger partial charge in [-0.05, 0) is 42.5 Å². The molecule has 2 heterocycles. The van der Waals surface area contributed by atoms with Gasteiger partial charge in [-0.1, -0.05) is 24.3 Å². The molecular formula is C24H22N6O2. The number of anilines is 5. The Labute approximate surface area is 185 Å². The molecular weight excluding hydrogens is 404 g/mol. The molecule has 0 saturated heterocycles. The van der Waals surface area contributed by atoms with Gasteiger partial charge >= 0.3 is 0 Å². The molecule has 4 aromatic rings. The van der Waals surface area contributed by atoms with Crippen LogP contribution in [0.4, 0.5) is 28.8 Å². The number of para-hydroxylation sites is 1. The van der Waals surface area contributed by atoms with Gasteiger partial charge in [-0.2, -0.15) is 0 Å². The van der Waals surface area contributed by atoms with Gasteiger partial charge in [-0.25, -0.2) is 15.0 Å². The predicted molar refractivity (Wildman–Crippen MR) is 125 cm³/mol. The maximum Gasteiger partial charge on any atom is 0.228 e. The van der Waals surface area contributed by atoms with Crippen molar-refractivity contribution in [1.29, 1.82) is 0 Å². The second kappa shape index (κ2) is 10.0. The van der Waals surface area contributed by atoms with Crippen LogP contribution in [0, 0.1) is 0 Å². The zero-order valence-electron chi connectivity index (χ0n) is 17.4. The zero-order valence-corrected chi connectivity index (χ0v) is 17.4. The lowest BCUT2D eigenvalue weighted by Crippen LogP contribution is -2.14. The number of aromatic nitrogens is 3. The van der Waals surface area contributed by atoms with Crippen LogP contribution in [0.5, 0.6) is 5.75 Å². The number of hydrogen-bond donors (Lipinski definition) is 3. The lowest BCUT2D eigenvalue weighted by Gasteiger charge is -2.10. The van der Waals surface area contributed by atoms with Gasteiger partial charge in [0.05, 0.1) is 13.5 Å². The summed E-state index contributed by atoms with van der Waals surface area (Å²) >= 11 is 0. The molecule has 0 aliphatic rings. The van der Waals surface area contributed by atoms with Crippen LogP contribution in [-0.2, 0) is 11.2 Å². The molecule has 0 bridgehead atoms. The van der Waals surface area contributed by atoms with Crippen molar-refractivity contribution in [3.8, 4) is 5.75 Å². The number of methoxy groups -OCH3 is 1. The molecule has 8 nitrogen and oxygen atoms in total. The van der Waals surface area contributed by atoms with E-state index in [1.165, 1.54) is 6.33 Å². The average Bonchev–Trinajstić information content (AvgIpc) is 2.82. The van der Waals surface area contributed by atoms with E-state index in [2.05, 4.69) is 30.9 Å². The summed E-state index contributed by atoms with van der Waals surface area (Å²) in [6.45, 7) is 0. The number of hydrogen-bond acceptors (Lipinski definition) is 7. The third kappa shape index (κ3) is 5.57. The van der Waals surface area contributed by atoms with Gasteiger partial charge in [0.25, 0.3) is 0 Å². The first kappa shape index (κ1) is 20.8. The topological polar surface area (TPSA) is 101 Å². The molecule has 0 unspecified atom stereocenters. The van der Waals surface area contributed by atoms with Crippen LogP contribution in [0.25, 0.3) is 0 Å². The van der Waals surface area contributed by atoms with E-state index in [0.29, 0.717) is 28.9 Å². The van der Waals surface area contributed by atoms with Gasteiger partial charge in [-0.3, -0.25) is 4.79 Å². The average molecular weight is 426 g/mol.